The van der Waals surface area contributed by atoms with Crippen LogP contribution in [0.1, 0.15) is 35.7 Å². The number of amides is 3. The zero-order valence-corrected chi connectivity index (χ0v) is 14.8. The maximum Gasteiger partial charge on any atom is 0.253 e. The average molecular weight is 343 g/mol. The molecule has 3 amide bonds. The maximum absolute atomic E-state index is 12.6. The van der Waals surface area contributed by atoms with E-state index in [0.717, 1.165) is 18.4 Å². The van der Waals surface area contributed by atoms with Gasteiger partial charge in [0.25, 0.3) is 5.91 Å². The van der Waals surface area contributed by atoms with Crippen molar-refractivity contribution in [1.82, 2.24) is 15.1 Å². The molecule has 6 nitrogen and oxygen atoms in total. The number of benzene rings is 1. The number of hydrogen-bond acceptors (Lipinski definition) is 3. The smallest absolute Gasteiger partial charge is 0.253 e. The number of carbonyl (C=O) groups is 3. The minimum absolute atomic E-state index is 0.00519. The molecule has 1 N–H and O–H groups in total. The van der Waals surface area contributed by atoms with Crippen LogP contribution in [0.3, 0.4) is 0 Å². The maximum atomic E-state index is 12.6. The second kappa shape index (κ2) is 8.46. The minimum Gasteiger partial charge on any atom is -0.348 e. The summed E-state index contributed by atoms with van der Waals surface area (Å²) < 4.78 is 0. The molecule has 1 saturated heterocycles. The Bertz CT molecular complexity index is 646. The van der Waals surface area contributed by atoms with Crippen molar-refractivity contribution in [2.24, 2.45) is 0 Å². The number of nitrogens with one attached hydrogen (secondary N) is 1. The Kier molecular flexibility index (Phi) is 6.33. The lowest BCUT2D eigenvalue weighted by molar-refractivity contribution is -0.130. The standard InChI is InChI=1S/C19H25N3O3/c1-4-18(24)20-13-15-5-7-16(8-6-15)19(25)22-11-9-17(10-12-22)21(3)14(2)23/h4-8,17H,1,9-13H2,2-3H3,(H,20,24). The van der Waals surface area contributed by atoms with Crippen LogP contribution in [-0.2, 0) is 16.1 Å². The molecule has 1 aliphatic rings. The molecular formula is C19H25N3O3. The Morgan fingerprint density at radius 1 is 1.24 bits per heavy atom. The van der Waals surface area contributed by atoms with Gasteiger partial charge < -0.3 is 15.1 Å². The predicted molar refractivity (Wildman–Crippen MR) is 95.9 cm³/mol. The second-order valence-electron chi connectivity index (χ2n) is 6.27. The first-order chi connectivity index (χ1) is 11.9. The van der Waals surface area contributed by atoms with E-state index in [4.69, 9.17) is 0 Å². The average Bonchev–Trinajstić information content (AvgIpc) is 2.65. The SMILES string of the molecule is C=CC(=O)NCc1ccc(C(=O)N2CCC(N(C)C(C)=O)CC2)cc1. The summed E-state index contributed by atoms with van der Waals surface area (Å²) in [5.74, 6) is -0.159. The molecule has 1 aromatic carbocycles. The van der Waals surface area contributed by atoms with Crippen LogP contribution < -0.4 is 5.32 Å². The topological polar surface area (TPSA) is 69.7 Å². The van der Waals surface area contributed by atoms with Gasteiger partial charge in [0.15, 0.2) is 0 Å². The number of piperidine rings is 1. The van der Waals surface area contributed by atoms with Gasteiger partial charge in [0, 0.05) is 45.2 Å². The summed E-state index contributed by atoms with van der Waals surface area (Å²) in [6.45, 7) is 6.68. The monoisotopic (exact) mass is 343 g/mol. The Morgan fingerprint density at radius 3 is 2.36 bits per heavy atom. The van der Waals surface area contributed by atoms with E-state index in [0.29, 0.717) is 25.2 Å². The van der Waals surface area contributed by atoms with Gasteiger partial charge in [-0.2, -0.15) is 0 Å². The molecule has 1 aliphatic heterocycles. The van der Waals surface area contributed by atoms with Crippen molar-refractivity contribution < 1.29 is 14.4 Å². The van der Waals surface area contributed by atoms with Crippen molar-refractivity contribution >= 4 is 17.7 Å². The van der Waals surface area contributed by atoms with Gasteiger partial charge in [0.1, 0.15) is 0 Å². The highest BCUT2D eigenvalue weighted by molar-refractivity contribution is 5.94. The predicted octanol–water partition coefficient (Wildman–Crippen LogP) is 1.57. The van der Waals surface area contributed by atoms with Crippen molar-refractivity contribution in [3.05, 3.63) is 48.0 Å². The molecule has 0 aromatic heterocycles. The van der Waals surface area contributed by atoms with Crippen LogP contribution in [0, 0.1) is 0 Å². The van der Waals surface area contributed by atoms with Gasteiger partial charge in [0.2, 0.25) is 11.8 Å². The molecule has 134 valence electrons. The molecule has 6 heteroatoms. The van der Waals surface area contributed by atoms with E-state index < -0.39 is 0 Å². The highest BCUT2D eigenvalue weighted by atomic mass is 16.2. The quantitative estimate of drug-likeness (QED) is 0.825. The van der Waals surface area contributed by atoms with Crippen molar-refractivity contribution in [3.8, 4) is 0 Å². The lowest BCUT2D eigenvalue weighted by Crippen LogP contribution is -2.46. The fourth-order valence-electron chi connectivity index (χ4n) is 2.92. The molecule has 0 bridgehead atoms. The summed E-state index contributed by atoms with van der Waals surface area (Å²) in [5, 5.41) is 2.70. The van der Waals surface area contributed by atoms with Crippen LogP contribution in [0.25, 0.3) is 0 Å². The highest BCUT2D eigenvalue weighted by Gasteiger charge is 2.26. The van der Waals surface area contributed by atoms with E-state index >= 15 is 0 Å². The molecule has 1 heterocycles. The van der Waals surface area contributed by atoms with Crippen LogP contribution in [0.4, 0.5) is 0 Å². The number of rotatable bonds is 5. The lowest BCUT2D eigenvalue weighted by Gasteiger charge is -2.36. The molecule has 0 spiro atoms. The van der Waals surface area contributed by atoms with E-state index in [9.17, 15) is 14.4 Å². The first-order valence-electron chi connectivity index (χ1n) is 8.44. The lowest BCUT2D eigenvalue weighted by atomic mass is 10.0. The zero-order chi connectivity index (χ0) is 18.4. The third-order valence-electron chi connectivity index (χ3n) is 4.65. The first kappa shape index (κ1) is 18.7. The van der Waals surface area contributed by atoms with E-state index in [1.54, 1.807) is 24.0 Å². The molecule has 1 fully saturated rings. The van der Waals surface area contributed by atoms with Crippen molar-refractivity contribution in [1.29, 1.82) is 0 Å². The number of hydrogen-bond donors (Lipinski definition) is 1. The van der Waals surface area contributed by atoms with Gasteiger partial charge in [-0.3, -0.25) is 14.4 Å². The van der Waals surface area contributed by atoms with Crippen molar-refractivity contribution in [2.75, 3.05) is 20.1 Å². The summed E-state index contributed by atoms with van der Waals surface area (Å²) in [4.78, 5) is 38.8. The second-order valence-corrected chi connectivity index (χ2v) is 6.27. The largest absolute Gasteiger partial charge is 0.348 e. The number of likely N-dealkylation sites (tertiary alicyclic amines) is 1. The van der Waals surface area contributed by atoms with Crippen LogP contribution in [0.5, 0.6) is 0 Å². The summed E-state index contributed by atoms with van der Waals surface area (Å²) in [6, 6.07) is 7.45. The Morgan fingerprint density at radius 2 is 1.84 bits per heavy atom. The van der Waals surface area contributed by atoms with Crippen LogP contribution in [0.15, 0.2) is 36.9 Å². The van der Waals surface area contributed by atoms with Gasteiger partial charge in [-0.1, -0.05) is 18.7 Å². The van der Waals surface area contributed by atoms with E-state index in [-0.39, 0.29) is 23.8 Å². The summed E-state index contributed by atoms with van der Waals surface area (Å²) in [6.07, 6.45) is 2.83. The molecule has 25 heavy (non-hydrogen) atoms. The molecule has 2 rings (SSSR count). The molecule has 0 atom stereocenters. The van der Waals surface area contributed by atoms with Gasteiger partial charge >= 0.3 is 0 Å². The molecular weight excluding hydrogens is 318 g/mol. The van der Waals surface area contributed by atoms with Crippen LogP contribution in [0.2, 0.25) is 0 Å². The van der Waals surface area contributed by atoms with Gasteiger partial charge in [-0.05, 0) is 36.6 Å². The van der Waals surface area contributed by atoms with Crippen LogP contribution >= 0.6 is 0 Å². The molecule has 1 aromatic rings. The highest BCUT2D eigenvalue weighted by Crippen LogP contribution is 2.18. The van der Waals surface area contributed by atoms with Crippen molar-refractivity contribution in [2.45, 2.75) is 32.4 Å². The van der Waals surface area contributed by atoms with Gasteiger partial charge in [0.05, 0.1) is 0 Å². The van der Waals surface area contributed by atoms with E-state index in [1.165, 1.54) is 6.08 Å². The summed E-state index contributed by atoms with van der Waals surface area (Å²) in [5.41, 5.74) is 1.56. The molecule has 0 aliphatic carbocycles. The molecule has 0 unspecified atom stereocenters. The normalized spacial score (nSPS) is 14.7. The summed E-state index contributed by atoms with van der Waals surface area (Å²) >= 11 is 0. The van der Waals surface area contributed by atoms with Gasteiger partial charge in [-0.15, -0.1) is 0 Å². The minimum atomic E-state index is -0.224. The van der Waals surface area contributed by atoms with E-state index in [2.05, 4.69) is 11.9 Å². The third-order valence-corrected chi connectivity index (χ3v) is 4.65. The molecule has 0 saturated carbocycles. The summed E-state index contributed by atoms with van der Waals surface area (Å²) in [7, 11) is 1.81. The number of nitrogens with zero attached hydrogens (tertiary/aromatic N) is 2. The van der Waals surface area contributed by atoms with Gasteiger partial charge in [-0.25, -0.2) is 0 Å². The Balaban J connectivity index is 1.90. The number of carbonyl (C=O) groups excluding carboxylic acids is 3. The fraction of sp³-hybridized carbons (Fsp3) is 0.421. The van der Waals surface area contributed by atoms with Crippen molar-refractivity contribution in [3.63, 3.8) is 0 Å². The fourth-order valence-corrected chi connectivity index (χ4v) is 2.92. The Labute approximate surface area is 148 Å². The zero-order valence-electron chi connectivity index (χ0n) is 14.8. The van der Waals surface area contributed by atoms with E-state index in [1.807, 2.05) is 24.1 Å². The first-order valence-corrected chi connectivity index (χ1v) is 8.44. The van der Waals surface area contributed by atoms with Crippen LogP contribution in [-0.4, -0.2) is 53.7 Å². The third kappa shape index (κ3) is 4.92. The Hall–Kier alpha value is -2.63. The molecule has 0 radical (unpaired) electrons.